The predicted molar refractivity (Wildman–Crippen MR) is 106 cm³/mol. The Labute approximate surface area is 153 Å². The van der Waals surface area contributed by atoms with Gasteiger partial charge in [-0.15, -0.1) is 0 Å². The molecule has 116 valence electrons. The molecule has 0 amide bonds. The second-order valence-corrected chi connectivity index (χ2v) is 17.4. The fourth-order valence-corrected chi connectivity index (χ4v) is 16.6. The van der Waals surface area contributed by atoms with Crippen LogP contribution in [0.2, 0.25) is 0 Å². The maximum absolute atomic E-state index is 2.84. The van der Waals surface area contributed by atoms with E-state index in [1.165, 1.54) is 16.7 Å². The molecule has 3 rings (SSSR count). The van der Waals surface area contributed by atoms with Crippen LogP contribution in [0.1, 0.15) is 16.7 Å². The van der Waals surface area contributed by atoms with E-state index in [-0.39, 0.29) is 0 Å². The van der Waals surface area contributed by atoms with Crippen molar-refractivity contribution in [1.29, 1.82) is 0 Å². The van der Waals surface area contributed by atoms with Crippen LogP contribution in [0.25, 0.3) is 0 Å². The summed E-state index contributed by atoms with van der Waals surface area (Å²) in [5, 5.41) is 0. The molecule has 0 N–H and O–H groups in total. The van der Waals surface area contributed by atoms with Gasteiger partial charge < -0.3 is 0 Å². The molecule has 0 saturated heterocycles. The van der Waals surface area contributed by atoms with Gasteiger partial charge in [0.05, 0.1) is 0 Å². The molecule has 0 unspecified atom stereocenters. The van der Waals surface area contributed by atoms with Crippen LogP contribution in [-0.4, -0.2) is 0 Å². The Balaban J connectivity index is 2.38. The summed E-state index contributed by atoms with van der Waals surface area (Å²) < 4.78 is 4.66. The van der Waals surface area contributed by atoms with Crippen LogP contribution in [-0.2, 0) is 12.8 Å². The maximum atomic E-state index is 2.84. The minimum atomic E-state index is -2.69. The Morgan fingerprint density at radius 3 is 1.04 bits per heavy atom. The summed E-state index contributed by atoms with van der Waals surface area (Å²) >= 11 is 0.144. The van der Waals surface area contributed by atoms with Crippen LogP contribution in [0.5, 0.6) is 0 Å². The van der Waals surface area contributed by atoms with Crippen LogP contribution >= 0.6 is 19.2 Å². The van der Waals surface area contributed by atoms with Crippen molar-refractivity contribution in [2.75, 3.05) is 0 Å². The predicted octanol–water partition coefficient (Wildman–Crippen LogP) is 4.39. The normalized spacial score (nSPS) is 11.5. The minimum absolute atomic E-state index is 1.41. The topological polar surface area (TPSA) is 0 Å². The summed E-state index contributed by atoms with van der Waals surface area (Å²) in [4.78, 5) is 0. The molecule has 3 aromatic carbocycles. The number of hydrogen-bond donors (Lipinski definition) is 0. The van der Waals surface area contributed by atoms with E-state index in [4.69, 9.17) is 0 Å². The van der Waals surface area contributed by atoms with Crippen LogP contribution in [0.4, 0.5) is 0 Å². The summed E-state index contributed by atoms with van der Waals surface area (Å²) in [6.07, 6.45) is 0. The van der Waals surface area contributed by atoms with Crippen molar-refractivity contribution in [3.8, 4) is 0 Å². The van der Waals surface area contributed by atoms with Gasteiger partial charge in [-0.2, -0.15) is 0 Å². The van der Waals surface area contributed by atoms with Crippen molar-refractivity contribution in [1.82, 2.24) is 0 Å². The number of aryl methyl sites for hydroxylation is 3. The summed E-state index contributed by atoms with van der Waals surface area (Å²) in [5.74, 6) is 0. The number of hydrogen-bond acceptors (Lipinski definition) is 0. The van der Waals surface area contributed by atoms with E-state index in [9.17, 15) is 0 Å². The monoisotopic (exact) mass is 448 g/mol. The van der Waals surface area contributed by atoms with Gasteiger partial charge in [0.1, 0.15) is 0 Å². The van der Waals surface area contributed by atoms with Gasteiger partial charge in [-0.05, 0) is 0 Å². The molecule has 0 atom stereocenters. The van der Waals surface area contributed by atoms with Gasteiger partial charge in [-0.1, -0.05) is 0 Å². The number of rotatable bonds is 3. The Hall–Kier alpha value is -0.896. The van der Waals surface area contributed by atoms with Gasteiger partial charge >= 0.3 is 154 Å². The molecule has 0 aliphatic carbocycles. The summed E-state index contributed by atoms with van der Waals surface area (Å²) in [6, 6.07) is 26.8. The first-order valence-electron chi connectivity index (χ1n) is 7.92. The Morgan fingerprint density at radius 2 is 0.783 bits per heavy atom. The van der Waals surface area contributed by atoms with Crippen molar-refractivity contribution >= 4 is 30.8 Å². The van der Waals surface area contributed by atoms with Crippen LogP contribution in [0.15, 0.2) is 72.8 Å². The fourth-order valence-electron chi connectivity index (χ4n) is 3.31. The van der Waals surface area contributed by atoms with Gasteiger partial charge in [0.15, 0.2) is 0 Å². The molecular weight excluding hydrogens is 427 g/mol. The van der Waals surface area contributed by atoms with E-state index in [2.05, 4.69) is 113 Å². The second-order valence-electron chi connectivity index (χ2n) is 6.10. The molecule has 23 heavy (non-hydrogen) atoms. The number of benzene rings is 3. The first-order valence-corrected chi connectivity index (χ1v) is 15.3. The summed E-state index contributed by atoms with van der Waals surface area (Å²) in [5.41, 5.74) is 4.23. The third-order valence-electron chi connectivity index (χ3n) is 4.55. The molecule has 0 bridgehead atoms. The van der Waals surface area contributed by atoms with Crippen molar-refractivity contribution in [2.24, 2.45) is 0 Å². The van der Waals surface area contributed by atoms with E-state index in [0.29, 0.717) is 0 Å². The molecule has 0 aliphatic rings. The number of halogens is 1. The average molecular weight is 448 g/mol. The molecule has 0 nitrogen and oxygen atoms in total. The molecule has 0 aromatic heterocycles. The Kier molecular flexibility index (Phi) is 5.10. The Morgan fingerprint density at radius 1 is 0.522 bits per heavy atom. The first kappa shape index (κ1) is 16.9. The molecule has 2 heteroatoms. The van der Waals surface area contributed by atoms with Gasteiger partial charge in [0.25, 0.3) is 0 Å². The van der Waals surface area contributed by atoms with Crippen LogP contribution < -0.4 is 11.6 Å². The van der Waals surface area contributed by atoms with Gasteiger partial charge in [0.2, 0.25) is 0 Å². The SMILES string of the molecule is Cc1cccc[c]1[Ti]([I])([c]1ccccc1C)[c]1ccccc1C. The van der Waals surface area contributed by atoms with Crippen LogP contribution in [0, 0.1) is 20.8 Å². The Bertz CT molecular complexity index is 728. The van der Waals surface area contributed by atoms with Gasteiger partial charge in [-0.25, -0.2) is 0 Å². The third kappa shape index (κ3) is 3.07. The average Bonchev–Trinajstić information content (AvgIpc) is 2.55. The first-order chi connectivity index (χ1) is 11.0. The van der Waals surface area contributed by atoms with E-state index in [1.807, 2.05) is 0 Å². The van der Waals surface area contributed by atoms with Gasteiger partial charge in [0, 0.05) is 0 Å². The van der Waals surface area contributed by atoms with E-state index >= 15 is 0 Å². The summed E-state index contributed by atoms with van der Waals surface area (Å²) in [6.45, 7) is 6.76. The molecule has 0 radical (unpaired) electrons. The molecule has 0 spiro atoms. The van der Waals surface area contributed by atoms with Crippen molar-refractivity contribution < 1.29 is 12.8 Å². The van der Waals surface area contributed by atoms with Crippen molar-refractivity contribution in [2.45, 2.75) is 20.8 Å². The fraction of sp³-hybridized carbons (Fsp3) is 0.143. The standard InChI is InChI=1S/3C7H7.HI.Ti/c3*1-7-5-3-2-4-6-7;;/h3*2-5H,1H3;1H;/q;;;;+1/p-1. The molecule has 0 aliphatic heterocycles. The van der Waals surface area contributed by atoms with Crippen molar-refractivity contribution in [3.05, 3.63) is 89.5 Å². The molecule has 0 saturated carbocycles. The molecule has 0 fully saturated rings. The zero-order valence-corrected chi connectivity index (χ0v) is 17.5. The third-order valence-corrected chi connectivity index (χ3v) is 17.8. The van der Waals surface area contributed by atoms with E-state index in [0.717, 1.165) is 0 Å². The molecular formula is C21H21ITi. The zero-order valence-electron chi connectivity index (χ0n) is 13.8. The zero-order chi connectivity index (χ0) is 16.4. The summed E-state index contributed by atoms with van der Waals surface area (Å²) in [7, 11) is 0. The van der Waals surface area contributed by atoms with E-state index in [1.54, 1.807) is 11.6 Å². The quantitative estimate of drug-likeness (QED) is 0.412. The second kappa shape index (κ2) is 6.92. The van der Waals surface area contributed by atoms with Crippen molar-refractivity contribution in [3.63, 3.8) is 0 Å². The van der Waals surface area contributed by atoms with Gasteiger partial charge in [-0.3, -0.25) is 0 Å². The van der Waals surface area contributed by atoms with E-state index < -0.39 is 12.8 Å². The van der Waals surface area contributed by atoms with Crippen LogP contribution in [0.3, 0.4) is 0 Å². The molecule has 3 aromatic rings. The molecule has 0 heterocycles.